The summed E-state index contributed by atoms with van der Waals surface area (Å²) in [5.41, 5.74) is 0.411. The lowest BCUT2D eigenvalue weighted by atomic mass is 9.85. The van der Waals surface area contributed by atoms with E-state index in [2.05, 4.69) is 22.5 Å². The number of allylic oxidation sites excluding steroid dienone is 1. The van der Waals surface area contributed by atoms with E-state index in [0.717, 1.165) is 25.0 Å². The Morgan fingerprint density at radius 3 is 2.91 bits per heavy atom. The first kappa shape index (κ1) is 9.27. The molecule has 0 bridgehead atoms. The van der Waals surface area contributed by atoms with Crippen LogP contribution in [0, 0.1) is 5.41 Å². The van der Waals surface area contributed by atoms with Gasteiger partial charge in [0.2, 0.25) is 0 Å². The summed E-state index contributed by atoms with van der Waals surface area (Å²) in [5.74, 6) is 0. The third-order valence-corrected chi connectivity index (χ3v) is 3.54. The van der Waals surface area contributed by atoms with Crippen LogP contribution in [0.2, 0.25) is 0 Å². The summed E-state index contributed by atoms with van der Waals surface area (Å²) in [7, 11) is 0. The van der Waals surface area contributed by atoms with Crippen LogP contribution in [0.25, 0.3) is 0 Å². The van der Waals surface area contributed by atoms with Gasteiger partial charge in [0.25, 0.3) is 0 Å². The quantitative estimate of drug-likeness (QED) is 0.521. The molecule has 2 heteroatoms. The van der Waals surface area contributed by atoms with Crippen molar-refractivity contribution in [3.8, 4) is 0 Å². The van der Waals surface area contributed by atoms with Crippen LogP contribution in [-0.4, -0.2) is 18.5 Å². The van der Waals surface area contributed by atoms with Gasteiger partial charge in [0.15, 0.2) is 0 Å². The number of halogens is 1. The molecule has 64 valence electrons. The second kappa shape index (κ2) is 4.27. The first-order chi connectivity index (χ1) is 5.33. The Kier molecular flexibility index (Phi) is 3.60. The molecule has 1 heterocycles. The maximum atomic E-state index is 5.38. The summed E-state index contributed by atoms with van der Waals surface area (Å²) in [6, 6.07) is 0. The van der Waals surface area contributed by atoms with Crippen molar-refractivity contribution < 1.29 is 4.74 Å². The van der Waals surface area contributed by atoms with Crippen molar-refractivity contribution in [2.45, 2.75) is 19.3 Å². The molecule has 0 aliphatic carbocycles. The number of alkyl halides is 1. The van der Waals surface area contributed by atoms with E-state index in [9.17, 15) is 0 Å². The third kappa shape index (κ3) is 2.31. The van der Waals surface area contributed by atoms with Crippen LogP contribution in [0.4, 0.5) is 0 Å². The second-order valence-corrected chi connectivity index (χ2v) is 3.82. The summed E-state index contributed by atoms with van der Waals surface area (Å²) in [6.07, 6.45) is 5.51. The summed E-state index contributed by atoms with van der Waals surface area (Å²) in [6.45, 7) is 5.59. The van der Waals surface area contributed by atoms with Crippen LogP contribution in [0.3, 0.4) is 0 Å². The van der Waals surface area contributed by atoms with Gasteiger partial charge in [-0.3, -0.25) is 0 Å². The van der Waals surface area contributed by atoms with Crippen molar-refractivity contribution in [2.75, 3.05) is 18.5 Å². The molecule has 1 unspecified atom stereocenters. The molecule has 0 aromatic heterocycles. The summed E-state index contributed by atoms with van der Waals surface area (Å²) >= 11 is 3.55. The first-order valence-electron chi connectivity index (χ1n) is 4.08. The van der Waals surface area contributed by atoms with Gasteiger partial charge in [-0.15, -0.1) is 6.58 Å². The molecular weight excluding hydrogens is 204 g/mol. The predicted molar refractivity (Wildman–Crippen MR) is 51.1 cm³/mol. The molecule has 11 heavy (non-hydrogen) atoms. The molecule has 0 saturated carbocycles. The standard InChI is InChI=1S/C9H15BrO/c1-2-3-4-9(7-10)5-6-11-8-9/h2H,1,3-8H2. The van der Waals surface area contributed by atoms with E-state index in [1.807, 2.05) is 6.08 Å². The Morgan fingerprint density at radius 1 is 1.64 bits per heavy atom. The Labute approximate surface area is 76.9 Å². The van der Waals surface area contributed by atoms with E-state index >= 15 is 0 Å². The lowest BCUT2D eigenvalue weighted by Crippen LogP contribution is -2.22. The van der Waals surface area contributed by atoms with Crippen molar-refractivity contribution in [3.05, 3.63) is 12.7 Å². The Hall–Kier alpha value is 0.180. The zero-order valence-electron chi connectivity index (χ0n) is 6.81. The third-order valence-electron chi connectivity index (χ3n) is 2.35. The van der Waals surface area contributed by atoms with Crippen LogP contribution in [-0.2, 0) is 4.74 Å². The number of rotatable bonds is 4. The number of hydrogen-bond acceptors (Lipinski definition) is 1. The Bertz CT molecular complexity index is 128. The van der Waals surface area contributed by atoms with E-state index in [1.165, 1.54) is 12.8 Å². The van der Waals surface area contributed by atoms with Gasteiger partial charge in [0.1, 0.15) is 0 Å². The zero-order chi connectivity index (χ0) is 8.16. The molecule has 1 atom stereocenters. The van der Waals surface area contributed by atoms with Gasteiger partial charge in [-0.1, -0.05) is 22.0 Å². The molecular formula is C9H15BrO. The van der Waals surface area contributed by atoms with Crippen LogP contribution >= 0.6 is 15.9 Å². The van der Waals surface area contributed by atoms with Crippen molar-refractivity contribution in [2.24, 2.45) is 5.41 Å². The van der Waals surface area contributed by atoms with Gasteiger partial charge in [0, 0.05) is 17.4 Å². The molecule has 0 N–H and O–H groups in total. The fourth-order valence-electron chi connectivity index (χ4n) is 1.43. The van der Waals surface area contributed by atoms with Gasteiger partial charge in [-0.05, 0) is 19.3 Å². The van der Waals surface area contributed by atoms with Crippen LogP contribution in [0.5, 0.6) is 0 Å². The minimum Gasteiger partial charge on any atom is -0.381 e. The van der Waals surface area contributed by atoms with Crippen molar-refractivity contribution in [1.82, 2.24) is 0 Å². The fraction of sp³-hybridized carbons (Fsp3) is 0.778. The van der Waals surface area contributed by atoms with Crippen molar-refractivity contribution >= 4 is 15.9 Å². The minimum absolute atomic E-state index is 0.411. The highest BCUT2D eigenvalue weighted by Crippen LogP contribution is 2.35. The molecule has 0 aromatic rings. The van der Waals surface area contributed by atoms with Crippen LogP contribution < -0.4 is 0 Å². The highest BCUT2D eigenvalue weighted by atomic mass is 79.9. The topological polar surface area (TPSA) is 9.23 Å². The molecule has 1 saturated heterocycles. The molecule has 1 aliphatic rings. The maximum absolute atomic E-state index is 5.38. The average molecular weight is 219 g/mol. The van der Waals surface area contributed by atoms with Crippen molar-refractivity contribution in [3.63, 3.8) is 0 Å². The SMILES string of the molecule is C=CCCC1(CBr)CCOC1. The van der Waals surface area contributed by atoms with Crippen LogP contribution in [0.1, 0.15) is 19.3 Å². The minimum atomic E-state index is 0.411. The lowest BCUT2D eigenvalue weighted by Gasteiger charge is -2.23. The van der Waals surface area contributed by atoms with Gasteiger partial charge in [0.05, 0.1) is 6.61 Å². The molecule has 0 radical (unpaired) electrons. The molecule has 0 aromatic carbocycles. The number of hydrogen-bond donors (Lipinski definition) is 0. The summed E-state index contributed by atoms with van der Waals surface area (Å²) in [4.78, 5) is 0. The smallest absolute Gasteiger partial charge is 0.0531 e. The zero-order valence-corrected chi connectivity index (χ0v) is 8.40. The van der Waals surface area contributed by atoms with Gasteiger partial charge < -0.3 is 4.74 Å². The molecule has 0 spiro atoms. The van der Waals surface area contributed by atoms with E-state index in [4.69, 9.17) is 4.74 Å². The summed E-state index contributed by atoms with van der Waals surface area (Å²) < 4.78 is 5.38. The fourth-order valence-corrected chi connectivity index (χ4v) is 2.15. The average Bonchev–Trinajstić information content (AvgIpc) is 2.50. The second-order valence-electron chi connectivity index (χ2n) is 3.26. The largest absolute Gasteiger partial charge is 0.381 e. The van der Waals surface area contributed by atoms with E-state index in [0.29, 0.717) is 5.41 Å². The molecule has 0 amide bonds. The van der Waals surface area contributed by atoms with Gasteiger partial charge >= 0.3 is 0 Å². The van der Waals surface area contributed by atoms with E-state index in [1.54, 1.807) is 0 Å². The highest BCUT2D eigenvalue weighted by Gasteiger charge is 2.32. The van der Waals surface area contributed by atoms with Crippen molar-refractivity contribution in [1.29, 1.82) is 0 Å². The molecule has 1 nitrogen and oxygen atoms in total. The summed E-state index contributed by atoms with van der Waals surface area (Å²) in [5, 5.41) is 1.06. The number of ether oxygens (including phenoxy) is 1. The molecule has 1 fully saturated rings. The van der Waals surface area contributed by atoms with E-state index < -0.39 is 0 Å². The Morgan fingerprint density at radius 2 is 2.45 bits per heavy atom. The van der Waals surface area contributed by atoms with Crippen LogP contribution in [0.15, 0.2) is 12.7 Å². The maximum Gasteiger partial charge on any atom is 0.0531 e. The monoisotopic (exact) mass is 218 g/mol. The normalized spacial score (nSPS) is 30.6. The molecule has 1 rings (SSSR count). The van der Waals surface area contributed by atoms with Gasteiger partial charge in [-0.2, -0.15) is 0 Å². The van der Waals surface area contributed by atoms with E-state index in [-0.39, 0.29) is 0 Å². The highest BCUT2D eigenvalue weighted by molar-refractivity contribution is 9.09. The lowest BCUT2D eigenvalue weighted by molar-refractivity contribution is 0.158. The molecule has 1 aliphatic heterocycles. The van der Waals surface area contributed by atoms with Gasteiger partial charge in [-0.25, -0.2) is 0 Å². The first-order valence-corrected chi connectivity index (χ1v) is 5.20. The predicted octanol–water partition coefficient (Wildman–Crippen LogP) is 2.75. The Balaban J connectivity index is 2.38.